The fourth-order valence-corrected chi connectivity index (χ4v) is 6.33. The Morgan fingerprint density at radius 3 is 1.53 bits per heavy atom. The summed E-state index contributed by atoms with van der Waals surface area (Å²) in [6.45, 7) is 6.87. The quantitative estimate of drug-likeness (QED) is 0.226. The third-order valence-corrected chi connectivity index (χ3v) is 8.14. The Hall–Kier alpha value is -4.16. The van der Waals surface area contributed by atoms with Gasteiger partial charge in [0.05, 0.1) is 0 Å². The van der Waals surface area contributed by atoms with E-state index in [-0.39, 0.29) is 5.41 Å². The van der Waals surface area contributed by atoms with Crippen molar-refractivity contribution in [1.82, 2.24) is 0 Å². The predicted molar refractivity (Wildman–Crippen MR) is 155 cm³/mol. The molecule has 1 aliphatic rings. The molecule has 0 fully saturated rings. The Labute approximate surface area is 212 Å². The van der Waals surface area contributed by atoms with Crippen LogP contribution in [0.4, 0.5) is 0 Å². The van der Waals surface area contributed by atoms with E-state index < -0.39 is 0 Å². The lowest BCUT2D eigenvalue weighted by Crippen LogP contribution is -2.14. The van der Waals surface area contributed by atoms with Gasteiger partial charge >= 0.3 is 0 Å². The smallest absolute Gasteiger partial charge is 0.0159 e. The van der Waals surface area contributed by atoms with Crippen molar-refractivity contribution >= 4 is 21.5 Å². The molecule has 0 N–H and O–H groups in total. The Bertz CT molecular complexity index is 1740. The van der Waals surface area contributed by atoms with Crippen molar-refractivity contribution in [3.05, 3.63) is 132 Å². The summed E-state index contributed by atoms with van der Waals surface area (Å²) in [5.74, 6) is 0. The Morgan fingerprint density at radius 1 is 0.444 bits per heavy atom. The van der Waals surface area contributed by atoms with E-state index >= 15 is 0 Å². The van der Waals surface area contributed by atoms with Crippen LogP contribution < -0.4 is 0 Å². The van der Waals surface area contributed by atoms with Crippen molar-refractivity contribution in [3.8, 4) is 33.4 Å². The molecule has 0 amide bonds. The van der Waals surface area contributed by atoms with Crippen LogP contribution in [0.2, 0.25) is 0 Å². The average molecular weight is 461 g/mol. The van der Waals surface area contributed by atoms with E-state index in [9.17, 15) is 0 Å². The summed E-state index contributed by atoms with van der Waals surface area (Å²) in [6, 6.07) is 42.8. The maximum atomic E-state index is 2.45. The summed E-state index contributed by atoms with van der Waals surface area (Å²) in [7, 11) is 0. The van der Waals surface area contributed by atoms with E-state index in [2.05, 4.69) is 136 Å². The van der Waals surface area contributed by atoms with Gasteiger partial charge in [-0.25, -0.2) is 0 Å². The summed E-state index contributed by atoms with van der Waals surface area (Å²) in [5, 5.41) is 5.22. The van der Waals surface area contributed by atoms with Crippen LogP contribution in [-0.2, 0) is 5.41 Å². The summed E-state index contributed by atoms with van der Waals surface area (Å²) in [4.78, 5) is 0. The topological polar surface area (TPSA) is 0 Å². The van der Waals surface area contributed by atoms with Crippen LogP contribution in [0.25, 0.3) is 54.9 Å². The first kappa shape index (κ1) is 21.1. The summed E-state index contributed by atoms with van der Waals surface area (Å²) >= 11 is 0. The molecule has 0 saturated heterocycles. The molecule has 0 spiro atoms. The Kier molecular flexibility index (Phi) is 4.51. The number of benzene rings is 6. The molecule has 172 valence electrons. The maximum Gasteiger partial charge on any atom is 0.0159 e. The van der Waals surface area contributed by atoms with Gasteiger partial charge in [-0.3, -0.25) is 0 Å². The van der Waals surface area contributed by atoms with Crippen LogP contribution in [0.1, 0.15) is 30.5 Å². The minimum atomic E-state index is -0.0185. The lowest BCUT2D eigenvalue weighted by atomic mass is 9.80. The molecular weight excluding hydrogens is 432 g/mol. The molecule has 36 heavy (non-hydrogen) atoms. The molecule has 7 rings (SSSR count). The zero-order chi connectivity index (χ0) is 24.4. The van der Waals surface area contributed by atoms with Crippen LogP contribution in [0.15, 0.2) is 115 Å². The normalized spacial score (nSPS) is 13.6. The summed E-state index contributed by atoms with van der Waals surface area (Å²) in [6.07, 6.45) is 0. The van der Waals surface area contributed by atoms with Crippen LogP contribution in [0.3, 0.4) is 0 Å². The van der Waals surface area contributed by atoms with Gasteiger partial charge in [0.25, 0.3) is 0 Å². The van der Waals surface area contributed by atoms with E-state index in [1.165, 1.54) is 71.6 Å². The zero-order valence-corrected chi connectivity index (χ0v) is 21.0. The van der Waals surface area contributed by atoms with E-state index in [0.29, 0.717) is 0 Å². The van der Waals surface area contributed by atoms with Gasteiger partial charge in [-0.2, -0.15) is 0 Å². The van der Waals surface area contributed by atoms with Crippen molar-refractivity contribution in [2.45, 2.75) is 26.2 Å². The van der Waals surface area contributed by atoms with Crippen LogP contribution >= 0.6 is 0 Å². The molecule has 0 nitrogen and oxygen atoms in total. The van der Waals surface area contributed by atoms with Crippen molar-refractivity contribution in [3.63, 3.8) is 0 Å². The third kappa shape index (κ3) is 2.94. The molecule has 0 radical (unpaired) electrons. The van der Waals surface area contributed by atoms with Gasteiger partial charge in [0.1, 0.15) is 0 Å². The maximum absolute atomic E-state index is 2.45. The molecule has 0 heteroatoms. The highest BCUT2D eigenvalue weighted by molar-refractivity contribution is 6.21. The number of fused-ring (bicyclic) bond motifs is 5. The molecule has 6 aromatic rings. The Balaban J connectivity index is 1.56. The highest BCUT2D eigenvalue weighted by Gasteiger charge is 2.35. The molecule has 0 saturated carbocycles. The van der Waals surface area contributed by atoms with Gasteiger partial charge in [0.2, 0.25) is 0 Å². The molecular formula is C36H28. The third-order valence-electron chi connectivity index (χ3n) is 8.14. The first-order valence-corrected chi connectivity index (χ1v) is 12.8. The first-order valence-electron chi connectivity index (χ1n) is 12.8. The monoisotopic (exact) mass is 460 g/mol. The van der Waals surface area contributed by atoms with Gasteiger partial charge in [-0.15, -0.1) is 0 Å². The molecule has 0 atom stereocenters. The molecule has 0 aromatic heterocycles. The molecule has 0 aliphatic heterocycles. The standard InChI is InChI=1S/C36H28/c1-23-16-18-24(19-17-23)34-28-11-4-6-13-30(28)35(31-14-7-5-12-29(31)34)25-20-21-27-26-10-8-9-15-32(26)36(2,3)33(27)22-25/h4-22H,1-3H3. The lowest BCUT2D eigenvalue weighted by Gasteiger charge is -2.23. The number of rotatable bonds is 2. The first-order chi connectivity index (χ1) is 17.5. The minimum absolute atomic E-state index is 0.0185. The second-order valence-electron chi connectivity index (χ2n) is 10.6. The van der Waals surface area contributed by atoms with Gasteiger partial charge in [0, 0.05) is 5.41 Å². The second kappa shape index (κ2) is 7.67. The zero-order valence-electron chi connectivity index (χ0n) is 21.0. The van der Waals surface area contributed by atoms with Crippen LogP contribution in [0, 0.1) is 6.92 Å². The van der Waals surface area contributed by atoms with E-state index in [1.807, 2.05) is 0 Å². The number of aryl methyl sites for hydroxylation is 1. The largest absolute Gasteiger partial charge is 0.0619 e. The van der Waals surface area contributed by atoms with Crippen molar-refractivity contribution in [2.75, 3.05) is 0 Å². The van der Waals surface area contributed by atoms with Crippen LogP contribution in [0.5, 0.6) is 0 Å². The highest BCUT2D eigenvalue weighted by atomic mass is 14.4. The highest BCUT2D eigenvalue weighted by Crippen LogP contribution is 2.51. The van der Waals surface area contributed by atoms with Gasteiger partial charge < -0.3 is 0 Å². The van der Waals surface area contributed by atoms with Crippen LogP contribution in [-0.4, -0.2) is 0 Å². The Morgan fingerprint density at radius 2 is 0.917 bits per heavy atom. The average Bonchev–Trinajstić information content (AvgIpc) is 3.14. The molecule has 0 bridgehead atoms. The van der Waals surface area contributed by atoms with E-state index in [1.54, 1.807) is 0 Å². The van der Waals surface area contributed by atoms with Crippen molar-refractivity contribution < 1.29 is 0 Å². The minimum Gasteiger partial charge on any atom is -0.0619 e. The fourth-order valence-electron chi connectivity index (χ4n) is 6.33. The molecule has 0 unspecified atom stereocenters. The fraction of sp³-hybridized carbons (Fsp3) is 0.111. The number of hydrogen-bond acceptors (Lipinski definition) is 0. The second-order valence-corrected chi connectivity index (χ2v) is 10.6. The predicted octanol–water partition coefficient (Wildman–Crippen LogP) is 9.94. The van der Waals surface area contributed by atoms with E-state index in [0.717, 1.165) is 0 Å². The number of hydrogen-bond donors (Lipinski definition) is 0. The lowest BCUT2D eigenvalue weighted by molar-refractivity contribution is 0.660. The summed E-state index contributed by atoms with van der Waals surface area (Å²) in [5.41, 5.74) is 12.0. The summed E-state index contributed by atoms with van der Waals surface area (Å²) < 4.78 is 0. The van der Waals surface area contributed by atoms with Crippen molar-refractivity contribution in [1.29, 1.82) is 0 Å². The van der Waals surface area contributed by atoms with Gasteiger partial charge in [0.15, 0.2) is 0 Å². The van der Waals surface area contributed by atoms with E-state index in [4.69, 9.17) is 0 Å². The molecule has 1 aliphatic carbocycles. The van der Waals surface area contributed by atoms with Gasteiger partial charge in [-0.05, 0) is 79.0 Å². The SMILES string of the molecule is Cc1ccc(-c2c3ccccc3c(-c3ccc4c(c3)C(C)(C)c3ccccc3-4)c3ccccc23)cc1. The van der Waals surface area contributed by atoms with Gasteiger partial charge in [-0.1, -0.05) is 129 Å². The molecule has 0 heterocycles. The molecule has 6 aromatic carbocycles. The van der Waals surface area contributed by atoms with Crippen molar-refractivity contribution in [2.24, 2.45) is 0 Å².